The summed E-state index contributed by atoms with van der Waals surface area (Å²) in [6.45, 7) is 4.74. The maximum absolute atomic E-state index is 12.3. The Labute approximate surface area is 147 Å². The summed E-state index contributed by atoms with van der Waals surface area (Å²) in [5.74, 6) is 1.30. The monoisotopic (exact) mass is 343 g/mol. The molecule has 7 nitrogen and oxygen atoms in total. The first-order valence-electron chi connectivity index (χ1n) is 8.85. The molecule has 0 bridgehead atoms. The Kier molecular flexibility index (Phi) is 5.53. The van der Waals surface area contributed by atoms with Crippen molar-refractivity contribution < 1.29 is 9.53 Å². The summed E-state index contributed by atoms with van der Waals surface area (Å²) in [6.07, 6.45) is 6.35. The molecule has 134 valence electrons. The van der Waals surface area contributed by atoms with Gasteiger partial charge in [-0.15, -0.1) is 0 Å². The zero-order valence-corrected chi connectivity index (χ0v) is 14.8. The summed E-state index contributed by atoms with van der Waals surface area (Å²) in [4.78, 5) is 16.5. The molecule has 2 N–H and O–H groups in total. The van der Waals surface area contributed by atoms with E-state index in [0.717, 1.165) is 29.9 Å². The first-order chi connectivity index (χ1) is 12.2. The third-order valence-electron chi connectivity index (χ3n) is 4.34. The van der Waals surface area contributed by atoms with Gasteiger partial charge in [0.1, 0.15) is 5.82 Å². The minimum Gasteiger partial charge on any atom is -0.478 e. The number of carbonyl (C=O) groups excluding carboxylic acids is 1. The van der Waals surface area contributed by atoms with Gasteiger partial charge in [0.25, 0.3) is 0 Å². The second kappa shape index (κ2) is 8.00. The molecule has 2 aromatic heterocycles. The molecule has 2 heterocycles. The second-order valence-corrected chi connectivity index (χ2v) is 6.26. The summed E-state index contributed by atoms with van der Waals surface area (Å²) in [5, 5.41) is 10.3. The van der Waals surface area contributed by atoms with Crippen LogP contribution >= 0.6 is 0 Å². The molecule has 2 amide bonds. The number of nitrogens with one attached hydrogen (secondary N) is 2. The SMILES string of the molecule is CCOc1ncccc1CNC(=O)Nc1cc(C)nn1C1CCCC1. The van der Waals surface area contributed by atoms with Crippen LogP contribution < -0.4 is 15.4 Å². The number of ether oxygens (including phenoxy) is 1. The molecule has 0 unspecified atom stereocenters. The van der Waals surface area contributed by atoms with E-state index in [2.05, 4.69) is 20.7 Å². The van der Waals surface area contributed by atoms with Crippen molar-refractivity contribution in [1.82, 2.24) is 20.1 Å². The van der Waals surface area contributed by atoms with E-state index in [1.807, 2.05) is 36.7 Å². The second-order valence-electron chi connectivity index (χ2n) is 6.26. The fourth-order valence-electron chi connectivity index (χ4n) is 3.20. The van der Waals surface area contributed by atoms with Crippen LogP contribution in [-0.2, 0) is 6.54 Å². The molecule has 0 spiro atoms. The number of rotatable bonds is 6. The van der Waals surface area contributed by atoms with Crippen LogP contribution in [0.25, 0.3) is 0 Å². The highest BCUT2D eigenvalue weighted by atomic mass is 16.5. The molecule has 3 rings (SSSR count). The van der Waals surface area contributed by atoms with Crippen LogP contribution in [0.5, 0.6) is 5.88 Å². The van der Waals surface area contributed by atoms with Gasteiger partial charge < -0.3 is 10.1 Å². The van der Waals surface area contributed by atoms with Crippen molar-refractivity contribution in [1.29, 1.82) is 0 Å². The van der Waals surface area contributed by atoms with Gasteiger partial charge in [-0.3, -0.25) is 5.32 Å². The van der Waals surface area contributed by atoms with E-state index in [4.69, 9.17) is 4.74 Å². The summed E-state index contributed by atoms with van der Waals surface area (Å²) >= 11 is 0. The lowest BCUT2D eigenvalue weighted by Crippen LogP contribution is -2.29. The van der Waals surface area contributed by atoms with E-state index >= 15 is 0 Å². The maximum Gasteiger partial charge on any atom is 0.320 e. The zero-order chi connectivity index (χ0) is 17.6. The van der Waals surface area contributed by atoms with Crippen LogP contribution in [0.4, 0.5) is 10.6 Å². The van der Waals surface area contributed by atoms with E-state index in [9.17, 15) is 4.79 Å². The van der Waals surface area contributed by atoms with Crippen molar-refractivity contribution >= 4 is 11.8 Å². The first kappa shape index (κ1) is 17.3. The van der Waals surface area contributed by atoms with Crippen molar-refractivity contribution in [3.8, 4) is 5.88 Å². The molecule has 1 saturated carbocycles. The molecule has 2 aromatic rings. The first-order valence-corrected chi connectivity index (χ1v) is 8.85. The average molecular weight is 343 g/mol. The van der Waals surface area contributed by atoms with Crippen molar-refractivity contribution in [2.45, 2.75) is 52.1 Å². The van der Waals surface area contributed by atoms with E-state index in [-0.39, 0.29) is 6.03 Å². The average Bonchev–Trinajstić information content (AvgIpc) is 3.24. The third-order valence-corrected chi connectivity index (χ3v) is 4.34. The van der Waals surface area contributed by atoms with E-state index in [1.165, 1.54) is 12.8 Å². The van der Waals surface area contributed by atoms with Gasteiger partial charge in [-0.2, -0.15) is 5.10 Å². The van der Waals surface area contributed by atoms with Crippen molar-refractivity contribution in [3.05, 3.63) is 35.7 Å². The number of amides is 2. The molecule has 7 heteroatoms. The smallest absolute Gasteiger partial charge is 0.320 e. The van der Waals surface area contributed by atoms with Crippen molar-refractivity contribution in [2.75, 3.05) is 11.9 Å². The quantitative estimate of drug-likeness (QED) is 0.842. The fourth-order valence-corrected chi connectivity index (χ4v) is 3.20. The lowest BCUT2D eigenvalue weighted by Gasteiger charge is -2.15. The standard InChI is InChI=1S/C18H25N5O2/c1-3-25-17-14(7-6-10-19-17)12-20-18(24)21-16-11-13(2)22-23(16)15-8-4-5-9-15/h6-7,10-11,15H,3-5,8-9,12H2,1-2H3,(H2,20,21,24). The number of carbonyl (C=O) groups is 1. The Morgan fingerprint density at radius 1 is 1.40 bits per heavy atom. The van der Waals surface area contributed by atoms with E-state index in [0.29, 0.717) is 25.1 Å². The summed E-state index contributed by atoms with van der Waals surface area (Å²) in [6, 6.07) is 5.76. The van der Waals surface area contributed by atoms with Gasteiger partial charge in [-0.1, -0.05) is 18.9 Å². The van der Waals surface area contributed by atoms with Gasteiger partial charge in [0.2, 0.25) is 5.88 Å². The highest BCUT2D eigenvalue weighted by Gasteiger charge is 2.21. The van der Waals surface area contributed by atoms with Crippen LogP contribution in [0, 0.1) is 6.92 Å². The predicted octanol–water partition coefficient (Wildman–Crippen LogP) is 3.42. The normalized spacial score (nSPS) is 14.5. The Morgan fingerprint density at radius 2 is 2.20 bits per heavy atom. The number of aryl methyl sites for hydroxylation is 1. The van der Waals surface area contributed by atoms with Gasteiger partial charge in [-0.05, 0) is 32.8 Å². The lowest BCUT2D eigenvalue weighted by molar-refractivity contribution is 0.251. The molecule has 0 saturated heterocycles. The molecule has 1 aliphatic rings. The molecule has 1 fully saturated rings. The minimum atomic E-state index is -0.259. The largest absolute Gasteiger partial charge is 0.478 e. The number of nitrogens with zero attached hydrogens (tertiary/aromatic N) is 3. The third kappa shape index (κ3) is 4.29. The Morgan fingerprint density at radius 3 is 2.96 bits per heavy atom. The number of hydrogen-bond acceptors (Lipinski definition) is 4. The lowest BCUT2D eigenvalue weighted by atomic mass is 10.2. The molecule has 0 radical (unpaired) electrons. The van der Waals surface area contributed by atoms with E-state index in [1.54, 1.807) is 6.20 Å². The van der Waals surface area contributed by atoms with E-state index < -0.39 is 0 Å². The molecule has 25 heavy (non-hydrogen) atoms. The van der Waals surface area contributed by atoms with Crippen molar-refractivity contribution in [2.24, 2.45) is 0 Å². The number of anilines is 1. The molecule has 1 aliphatic carbocycles. The minimum absolute atomic E-state index is 0.259. The highest BCUT2D eigenvalue weighted by Crippen LogP contribution is 2.31. The highest BCUT2D eigenvalue weighted by molar-refractivity contribution is 5.88. The van der Waals surface area contributed by atoms with Gasteiger partial charge >= 0.3 is 6.03 Å². The van der Waals surface area contributed by atoms with Gasteiger partial charge in [0, 0.05) is 24.4 Å². The van der Waals surface area contributed by atoms with Crippen LogP contribution in [0.3, 0.4) is 0 Å². The predicted molar refractivity (Wildman–Crippen MR) is 95.7 cm³/mol. The van der Waals surface area contributed by atoms with Crippen LogP contribution in [0.15, 0.2) is 24.4 Å². The summed E-state index contributed by atoms with van der Waals surface area (Å²) in [5.41, 5.74) is 1.76. The van der Waals surface area contributed by atoms with Gasteiger partial charge in [0.05, 0.1) is 18.3 Å². The van der Waals surface area contributed by atoms with Gasteiger partial charge in [-0.25, -0.2) is 14.5 Å². The van der Waals surface area contributed by atoms with Crippen LogP contribution in [-0.4, -0.2) is 27.4 Å². The zero-order valence-electron chi connectivity index (χ0n) is 14.8. The molecular weight excluding hydrogens is 318 g/mol. The van der Waals surface area contributed by atoms with Crippen LogP contribution in [0.1, 0.15) is 49.9 Å². The number of hydrogen-bond donors (Lipinski definition) is 2. The molecular formula is C18H25N5O2. The van der Waals surface area contributed by atoms with Crippen molar-refractivity contribution in [3.63, 3.8) is 0 Å². The maximum atomic E-state index is 12.3. The number of pyridine rings is 1. The Bertz CT molecular complexity index is 722. The fraction of sp³-hybridized carbons (Fsp3) is 0.500. The molecule has 0 atom stereocenters. The Balaban J connectivity index is 1.62. The van der Waals surface area contributed by atoms with Crippen LogP contribution in [0.2, 0.25) is 0 Å². The topological polar surface area (TPSA) is 81.1 Å². The van der Waals surface area contributed by atoms with Gasteiger partial charge in [0.15, 0.2) is 0 Å². The summed E-state index contributed by atoms with van der Waals surface area (Å²) in [7, 11) is 0. The molecule has 0 aromatic carbocycles. The number of aromatic nitrogens is 3. The summed E-state index contributed by atoms with van der Waals surface area (Å²) < 4.78 is 7.44. The number of urea groups is 1. The Hall–Kier alpha value is -2.57. The molecule has 0 aliphatic heterocycles.